The Morgan fingerprint density at radius 2 is 1.85 bits per heavy atom. The van der Waals surface area contributed by atoms with E-state index in [2.05, 4.69) is 43.1 Å². The van der Waals surface area contributed by atoms with Crippen molar-refractivity contribution in [2.75, 3.05) is 13.2 Å². The van der Waals surface area contributed by atoms with E-state index >= 15 is 0 Å². The number of ether oxygens (including phenoxy) is 1. The molecule has 4 heteroatoms. The minimum Gasteiger partial charge on any atom is -0.455 e. The van der Waals surface area contributed by atoms with Gasteiger partial charge >= 0.3 is 5.97 Å². The number of carbonyl (C=O) groups is 2. The van der Waals surface area contributed by atoms with E-state index in [4.69, 9.17) is 4.74 Å². The van der Waals surface area contributed by atoms with E-state index in [0.717, 1.165) is 19.3 Å². The number of nitrogens with one attached hydrogen (secondary N) is 1. The van der Waals surface area contributed by atoms with Crippen LogP contribution in [0.5, 0.6) is 0 Å². The van der Waals surface area contributed by atoms with Gasteiger partial charge in [0, 0.05) is 6.54 Å². The first-order chi connectivity index (χ1) is 12.9. The van der Waals surface area contributed by atoms with Gasteiger partial charge in [-0.2, -0.15) is 0 Å². The number of aryl methyl sites for hydroxylation is 1. The highest BCUT2D eigenvalue weighted by Crippen LogP contribution is 2.66. The molecule has 5 rings (SSSR count). The second kappa shape index (κ2) is 6.81. The minimum atomic E-state index is -0.409. The Morgan fingerprint density at radius 1 is 1.19 bits per heavy atom. The van der Waals surface area contributed by atoms with Crippen molar-refractivity contribution in [1.29, 1.82) is 0 Å². The summed E-state index contributed by atoms with van der Waals surface area (Å²) < 4.78 is 5.50. The lowest BCUT2D eigenvalue weighted by Gasteiger charge is -2.61. The third-order valence-electron chi connectivity index (χ3n) is 6.94. The van der Waals surface area contributed by atoms with Crippen LogP contribution >= 0.6 is 0 Å². The van der Waals surface area contributed by atoms with E-state index in [9.17, 15) is 9.59 Å². The van der Waals surface area contributed by atoms with Gasteiger partial charge < -0.3 is 10.1 Å². The van der Waals surface area contributed by atoms with Crippen molar-refractivity contribution in [1.82, 2.24) is 5.32 Å². The van der Waals surface area contributed by atoms with Crippen molar-refractivity contribution >= 4 is 11.9 Å². The molecule has 0 radical (unpaired) electrons. The minimum absolute atomic E-state index is 0.0991. The number of hydrogen-bond donors (Lipinski definition) is 1. The first kappa shape index (κ1) is 18.3. The van der Waals surface area contributed by atoms with Crippen LogP contribution in [0.3, 0.4) is 0 Å². The number of hydrogen-bond acceptors (Lipinski definition) is 3. The van der Waals surface area contributed by atoms with E-state index in [0.29, 0.717) is 18.4 Å². The first-order valence-electron chi connectivity index (χ1n) is 10.1. The van der Waals surface area contributed by atoms with E-state index in [1.54, 1.807) is 6.08 Å². The van der Waals surface area contributed by atoms with Gasteiger partial charge in [0.05, 0.1) is 5.41 Å². The second-order valence-electron chi connectivity index (χ2n) is 9.06. The summed E-state index contributed by atoms with van der Waals surface area (Å²) in [4.78, 5) is 24.9. The smallest absolute Gasteiger partial charge is 0.312 e. The number of rotatable bonds is 6. The summed E-state index contributed by atoms with van der Waals surface area (Å²) in [6.07, 6.45) is 7.92. The molecule has 4 bridgehead atoms. The fourth-order valence-corrected chi connectivity index (χ4v) is 6.27. The van der Waals surface area contributed by atoms with Crippen LogP contribution in [0.15, 0.2) is 36.9 Å². The van der Waals surface area contributed by atoms with E-state index < -0.39 is 5.41 Å². The molecule has 27 heavy (non-hydrogen) atoms. The Labute approximate surface area is 161 Å². The van der Waals surface area contributed by atoms with Crippen molar-refractivity contribution in [3.63, 3.8) is 0 Å². The average molecular weight is 367 g/mol. The van der Waals surface area contributed by atoms with Gasteiger partial charge in [-0.05, 0) is 68.3 Å². The van der Waals surface area contributed by atoms with E-state index in [1.165, 1.54) is 30.4 Å². The van der Waals surface area contributed by atoms with Crippen molar-refractivity contribution in [3.05, 3.63) is 48.0 Å². The third-order valence-corrected chi connectivity index (χ3v) is 6.94. The Bertz CT molecular complexity index is 737. The summed E-state index contributed by atoms with van der Waals surface area (Å²) in [5.74, 6) is 0.757. The third kappa shape index (κ3) is 3.30. The molecule has 0 aromatic heterocycles. The van der Waals surface area contributed by atoms with Gasteiger partial charge in [0.1, 0.15) is 0 Å². The molecule has 0 saturated heterocycles. The summed E-state index contributed by atoms with van der Waals surface area (Å²) in [5.41, 5.74) is 2.33. The highest BCUT2D eigenvalue weighted by molar-refractivity contribution is 5.83. The number of carbonyl (C=O) groups excluding carboxylic acids is 2. The SMILES string of the molecule is C=CCNC(=O)COC(=O)C12CC3CC(C1)CC(c1ccc(C)cc1)(C3)C2. The van der Waals surface area contributed by atoms with E-state index in [-0.39, 0.29) is 23.9 Å². The predicted molar refractivity (Wildman–Crippen MR) is 104 cm³/mol. The zero-order chi connectivity index (χ0) is 19.1. The number of benzene rings is 1. The fraction of sp³-hybridized carbons (Fsp3) is 0.565. The van der Waals surface area contributed by atoms with Crippen LogP contribution in [0, 0.1) is 24.2 Å². The average Bonchev–Trinajstić information content (AvgIpc) is 2.63. The number of esters is 1. The molecule has 4 fully saturated rings. The Morgan fingerprint density at radius 3 is 2.48 bits per heavy atom. The molecule has 0 aliphatic heterocycles. The maximum atomic E-state index is 13.1. The van der Waals surface area contributed by atoms with Crippen molar-refractivity contribution < 1.29 is 14.3 Å². The zero-order valence-electron chi connectivity index (χ0n) is 16.1. The Kier molecular flexibility index (Phi) is 4.61. The summed E-state index contributed by atoms with van der Waals surface area (Å²) >= 11 is 0. The molecule has 4 aliphatic rings. The molecule has 2 unspecified atom stereocenters. The zero-order valence-corrected chi connectivity index (χ0v) is 16.1. The van der Waals surface area contributed by atoms with Gasteiger partial charge in [-0.25, -0.2) is 0 Å². The first-order valence-corrected chi connectivity index (χ1v) is 10.1. The molecule has 0 spiro atoms. The predicted octanol–water partition coefficient (Wildman–Crippen LogP) is 3.68. The monoisotopic (exact) mass is 367 g/mol. The van der Waals surface area contributed by atoms with Gasteiger partial charge in [-0.1, -0.05) is 35.9 Å². The molecule has 4 nitrogen and oxygen atoms in total. The lowest BCUT2D eigenvalue weighted by Crippen LogP contribution is -2.57. The van der Waals surface area contributed by atoms with Crippen LogP contribution in [-0.2, 0) is 19.7 Å². The Balaban J connectivity index is 1.53. The molecule has 1 amide bonds. The van der Waals surface area contributed by atoms with Crippen LogP contribution in [0.25, 0.3) is 0 Å². The lowest BCUT2D eigenvalue weighted by molar-refractivity contribution is -0.175. The highest BCUT2D eigenvalue weighted by atomic mass is 16.5. The molecule has 1 N–H and O–H groups in total. The van der Waals surface area contributed by atoms with Crippen LogP contribution in [-0.4, -0.2) is 25.0 Å². The van der Waals surface area contributed by atoms with Gasteiger partial charge in [-0.3, -0.25) is 9.59 Å². The van der Waals surface area contributed by atoms with Gasteiger partial charge in [0.25, 0.3) is 5.91 Å². The molecule has 2 atom stereocenters. The molecular formula is C23H29NO3. The van der Waals surface area contributed by atoms with Gasteiger partial charge in [-0.15, -0.1) is 6.58 Å². The standard InChI is InChI=1S/C23H29NO3/c1-3-8-24-20(25)14-27-21(26)23-12-17-9-18(13-23)11-22(10-17,15-23)19-6-4-16(2)5-7-19/h3-7,17-18H,1,8-15H2,2H3,(H,24,25). The van der Waals surface area contributed by atoms with Crippen LogP contribution in [0.1, 0.15) is 49.7 Å². The molecular weight excluding hydrogens is 338 g/mol. The van der Waals surface area contributed by atoms with E-state index in [1.807, 2.05) is 0 Å². The van der Waals surface area contributed by atoms with Gasteiger partial charge in [0.2, 0.25) is 0 Å². The molecule has 1 aromatic carbocycles. The largest absolute Gasteiger partial charge is 0.455 e. The normalized spacial score (nSPS) is 33.5. The summed E-state index contributed by atoms with van der Waals surface area (Å²) in [5, 5.41) is 2.67. The summed E-state index contributed by atoms with van der Waals surface area (Å²) in [6.45, 7) is 5.88. The van der Waals surface area contributed by atoms with Crippen LogP contribution < -0.4 is 5.32 Å². The van der Waals surface area contributed by atoms with Crippen molar-refractivity contribution in [3.8, 4) is 0 Å². The maximum absolute atomic E-state index is 13.1. The Hall–Kier alpha value is -2.10. The molecule has 4 saturated carbocycles. The van der Waals surface area contributed by atoms with Crippen LogP contribution in [0.4, 0.5) is 0 Å². The highest BCUT2D eigenvalue weighted by Gasteiger charge is 2.61. The fourth-order valence-electron chi connectivity index (χ4n) is 6.27. The number of amides is 1. The lowest BCUT2D eigenvalue weighted by atomic mass is 9.43. The molecule has 4 aliphatic carbocycles. The molecule has 1 aromatic rings. The molecule has 144 valence electrons. The summed E-state index contributed by atoms with van der Waals surface area (Å²) in [7, 11) is 0. The maximum Gasteiger partial charge on any atom is 0.312 e. The quantitative estimate of drug-likeness (QED) is 0.616. The van der Waals surface area contributed by atoms with Crippen molar-refractivity contribution in [2.24, 2.45) is 17.3 Å². The second-order valence-corrected chi connectivity index (χ2v) is 9.06. The molecule has 0 heterocycles. The topological polar surface area (TPSA) is 55.4 Å². The van der Waals surface area contributed by atoms with Crippen LogP contribution in [0.2, 0.25) is 0 Å². The van der Waals surface area contributed by atoms with Gasteiger partial charge in [0.15, 0.2) is 6.61 Å². The summed E-state index contributed by atoms with van der Waals surface area (Å²) in [6, 6.07) is 8.88. The van der Waals surface area contributed by atoms with Crippen molar-refractivity contribution in [2.45, 2.75) is 50.9 Å².